The standard InChI is InChI=1S/C26H29BrN2O4S/c1-14-12-26(32)19-10-15-4-6-18(30)23-21(15)25(26,8-9-28(19)2)24(33-23)22(14)29(3)20(31)7-5-17-11-16(27)13-34-17/h4-7,11,13-14,19,22,24,30,32H,8-10,12H2,1-3H3/b7-5+/t14-,19-,22+,24+,25+,26-/m1/s1. The van der Waals surface area contributed by atoms with Gasteiger partial charge < -0.3 is 24.7 Å². The maximum absolute atomic E-state index is 13.3. The number of benzene rings is 1. The van der Waals surface area contributed by atoms with E-state index in [0.717, 1.165) is 39.9 Å². The first-order chi connectivity index (χ1) is 16.2. The number of likely N-dealkylation sites (N-methyl/N-ethyl adjacent to an activating group) is 2. The highest BCUT2D eigenvalue weighted by molar-refractivity contribution is 9.10. The van der Waals surface area contributed by atoms with Crippen LogP contribution in [-0.4, -0.2) is 70.3 Å². The van der Waals surface area contributed by atoms with E-state index in [1.165, 1.54) is 0 Å². The lowest BCUT2D eigenvalue weighted by molar-refractivity contribution is -0.208. The van der Waals surface area contributed by atoms with Crippen molar-refractivity contribution in [3.05, 3.63) is 50.1 Å². The minimum Gasteiger partial charge on any atom is -0.504 e. The number of aromatic hydroxyl groups is 1. The zero-order valence-corrected chi connectivity index (χ0v) is 21.9. The van der Waals surface area contributed by atoms with Gasteiger partial charge in [0.1, 0.15) is 6.10 Å². The maximum Gasteiger partial charge on any atom is 0.246 e. The Morgan fingerprint density at radius 2 is 2.21 bits per heavy atom. The lowest BCUT2D eigenvalue weighted by atomic mass is 9.47. The van der Waals surface area contributed by atoms with Crippen molar-refractivity contribution >= 4 is 39.2 Å². The van der Waals surface area contributed by atoms with E-state index in [1.807, 2.05) is 30.6 Å². The monoisotopic (exact) mass is 544 g/mol. The van der Waals surface area contributed by atoms with Crippen molar-refractivity contribution < 1.29 is 19.7 Å². The number of phenols is 1. The summed E-state index contributed by atoms with van der Waals surface area (Å²) in [5.74, 6) is 0.550. The van der Waals surface area contributed by atoms with Crippen LogP contribution in [-0.2, 0) is 16.6 Å². The predicted molar refractivity (Wildman–Crippen MR) is 135 cm³/mol. The number of ether oxygens (including phenoxy) is 1. The molecule has 0 radical (unpaired) electrons. The third-order valence-electron chi connectivity index (χ3n) is 8.83. The summed E-state index contributed by atoms with van der Waals surface area (Å²) in [7, 11) is 3.92. The van der Waals surface area contributed by atoms with Crippen LogP contribution in [0.5, 0.6) is 11.5 Å². The Labute approximate surface area is 212 Å². The number of phenolic OH excluding ortho intramolecular Hbond substituents is 1. The molecule has 4 aliphatic rings. The Hall–Kier alpha value is -1.87. The molecule has 1 saturated heterocycles. The molecule has 2 aliphatic carbocycles. The van der Waals surface area contributed by atoms with Crippen LogP contribution < -0.4 is 4.74 Å². The maximum atomic E-state index is 13.3. The second-order valence-electron chi connectivity index (χ2n) is 10.5. The molecule has 3 heterocycles. The number of carbonyl (C=O) groups excluding carboxylic acids is 1. The predicted octanol–water partition coefficient (Wildman–Crippen LogP) is 3.79. The minimum atomic E-state index is -0.977. The van der Waals surface area contributed by atoms with Gasteiger partial charge in [0.2, 0.25) is 5.91 Å². The van der Waals surface area contributed by atoms with Crippen molar-refractivity contribution in [3.63, 3.8) is 0 Å². The SMILES string of the molecule is C[C@@H]1C[C@@]2(O)[C@H]3Cc4ccc(O)c5c4[C@@]2(CCN3C)[C@@H](O5)[C@H]1N(C)C(=O)/C=C/c1cc(Br)cs1. The Bertz CT molecular complexity index is 1210. The molecular weight excluding hydrogens is 516 g/mol. The molecule has 8 heteroatoms. The summed E-state index contributed by atoms with van der Waals surface area (Å²) < 4.78 is 7.58. The highest BCUT2D eigenvalue weighted by Crippen LogP contribution is 2.66. The summed E-state index contributed by atoms with van der Waals surface area (Å²) in [4.78, 5) is 18.4. The number of amides is 1. The van der Waals surface area contributed by atoms with Gasteiger partial charge in [0.15, 0.2) is 11.5 Å². The van der Waals surface area contributed by atoms with Crippen LogP contribution in [0.1, 0.15) is 35.8 Å². The van der Waals surface area contributed by atoms with Gasteiger partial charge in [0.05, 0.1) is 17.1 Å². The molecule has 2 bridgehead atoms. The molecule has 6 atom stereocenters. The van der Waals surface area contributed by atoms with Crippen LogP contribution >= 0.6 is 27.3 Å². The second-order valence-corrected chi connectivity index (χ2v) is 12.3. The molecule has 180 valence electrons. The fourth-order valence-corrected chi connectivity index (χ4v) is 8.76. The first-order valence-corrected chi connectivity index (χ1v) is 13.5. The number of carbonyl (C=O) groups is 1. The zero-order chi connectivity index (χ0) is 24.0. The number of halogens is 1. The molecule has 1 aromatic carbocycles. The van der Waals surface area contributed by atoms with Crippen LogP contribution in [0.25, 0.3) is 6.08 Å². The van der Waals surface area contributed by atoms with Crippen molar-refractivity contribution in [2.24, 2.45) is 5.92 Å². The van der Waals surface area contributed by atoms with Crippen molar-refractivity contribution in [1.29, 1.82) is 0 Å². The van der Waals surface area contributed by atoms with E-state index < -0.39 is 17.1 Å². The highest BCUT2D eigenvalue weighted by atomic mass is 79.9. The summed E-state index contributed by atoms with van der Waals surface area (Å²) in [6, 6.07) is 5.43. The summed E-state index contributed by atoms with van der Waals surface area (Å²) in [6.45, 7) is 2.95. The Kier molecular flexibility index (Phi) is 5.02. The third kappa shape index (κ3) is 2.83. The Balaban J connectivity index is 1.43. The molecule has 1 spiro atoms. The number of nitrogens with zero attached hydrogens (tertiary/aromatic N) is 2. The van der Waals surface area contributed by atoms with Gasteiger partial charge in [0, 0.05) is 39.5 Å². The van der Waals surface area contributed by atoms with Gasteiger partial charge in [-0.05, 0) is 78.5 Å². The molecule has 2 aliphatic heterocycles. The highest BCUT2D eigenvalue weighted by Gasteiger charge is 2.74. The molecule has 1 saturated carbocycles. The lowest BCUT2D eigenvalue weighted by Crippen LogP contribution is -2.79. The summed E-state index contributed by atoms with van der Waals surface area (Å²) in [5, 5.41) is 25.1. The van der Waals surface area contributed by atoms with Crippen molar-refractivity contribution in [2.45, 2.75) is 55.4 Å². The molecule has 34 heavy (non-hydrogen) atoms. The number of rotatable bonds is 3. The van der Waals surface area contributed by atoms with Gasteiger partial charge in [-0.2, -0.15) is 0 Å². The van der Waals surface area contributed by atoms with Gasteiger partial charge >= 0.3 is 0 Å². The number of piperidine rings is 1. The largest absolute Gasteiger partial charge is 0.504 e. The number of hydrogen-bond donors (Lipinski definition) is 2. The molecule has 1 amide bonds. The quantitative estimate of drug-likeness (QED) is 0.575. The average molecular weight is 545 g/mol. The molecule has 2 aromatic rings. The van der Waals surface area contributed by atoms with E-state index >= 15 is 0 Å². The minimum absolute atomic E-state index is 0.0167. The van der Waals surface area contributed by atoms with Gasteiger partial charge in [-0.25, -0.2) is 0 Å². The van der Waals surface area contributed by atoms with Crippen LogP contribution in [0.3, 0.4) is 0 Å². The van der Waals surface area contributed by atoms with Crippen LogP contribution in [0.4, 0.5) is 0 Å². The van der Waals surface area contributed by atoms with Gasteiger partial charge in [-0.3, -0.25) is 4.79 Å². The first-order valence-electron chi connectivity index (χ1n) is 11.8. The number of aliphatic hydroxyl groups is 1. The average Bonchev–Trinajstić information content (AvgIpc) is 3.36. The molecule has 6 rings (SSSR count). The zero-order valence-electron chi connectivity index (χ0n) is 19.5. The van der Waals surface area contributed by atoms with E-state index in [2.05, 4.69) is 34.8 Å². The number of thiophene rings is 1. The molecular formula is C26H29BrN2O4S. The normalized spacial score (nSPS) is 35.8. The van der Waals surface area contributed by atoms with Crippen LogP contribution in [0.15, 0.2) is 34.1 Å². The van der Waals surface area contributed by atoms with Crippen molar-refractivity contribution in [2.75, 3.05) is 20.6 Å². The van der Waals surface area contributed by atoms with Crippen molar-refractivity contribution in [3.8, 4) is 11.5 Å². The van der Waals surface area contributed by atoms with Crippen LogP contribution in [0, 0.1) is 5.92 Å². The van der Waals surface area contributed by atoms with E-state index in [-0.39, 0.29) is 29.7 Å². The second kappa shape index (κ2) is 7.56. The third-order valence-corrected chi connectivity index (χ3v) is 10.5. The summed E-state index contributed by atoms with van der Waals surface area (Å²) in [6.07, 6.45) is 5.09. The molecule has 2 fully saturated rings. The van der Waals surface area contributed by atoms with Crippen molar-refractivity contribution in [1.82, 2.24) is 9.80 Å². The summed E-state index contributed by atoms with van der Waals surface area (Å²) in [5.41, 5.74) is 0.498. The van der Waals surface area contributed by atoms with E-state index in [0.29, 0.717) is 12.2 Å². The van der Waals surface area contributed by atoms with E-state index in [1.54, 1.807) is 28.4 Å². The smallest absolute Gasteiger partial charge is 0.246 e. The van der Waals surface area contributed by atoms with Gasteiger partial charge in [-0.15, -0.1) is 11.3 Å². The van der Waals surface area contributed by atoms with Crippen LogP contribution in [0.2, 0.25) is 0 Å². The fourth-order valence-electron chi connectivity index (χ4n) is 7.42. The number of hydrogen-bond acceptors (Lipinski definition) is 6. The topological polar surface area (TPSA) is 73.2 Å². The number of likely N-dealkylation sites (tertiary alicyclic amines) is 1. The summed E-state index contributed by atoms with van der Waals surface area (Å²) >= 11 is 5.03. The molecule has 1 aromatic heterocycles. The lowest BCUT2D eigenvalue weighted by Gasteiger charge is -2.65. The van der Waals surface area contributed by atoms with Gasteiger partial charge in [-0.1, -0.05) is 13.0 Å². The molecule has 2 N–H and O–H groups in total. The Morgan fingerprint density at radius 3 is 2.94 bits per heavy atom. The molecule has 0 unspecified atom stereocenters. The Morgan fingerprint density at radius 1 is 1.41 bits per heavy atom. The molecule has 6 nitrogen and oxygen atoms in total. The van der Waals surface area contributed by atoms with E-state index in [4.69, 9.17) is 4.74 Å². The van der Waals surface area contributed by atoms with Gasteiger partial charge in [0.25, 0.3) is 0 Å². The van der Waals surface area contributed by atoms with E-state index in [9.17, 15) is 15.0 Å². The first kappa shape index (κ1) is 22.6. The fraction of sp³-hybridized carbons (Fsp3) is 0.500.